The van der Waals surface area contributed by atoms with Crippen molar-refractivity contribution in [2.75, 3.05) is 6.54 Å². The molecule has 1 heterocycles. The van der Waals surface area contributed by atoms with Crippen LogP contribution < -0.4 is 16.6 Å². The summed E-state index contributed by atoms with van der Waals surface area (Å²) in [5, 5.41) is 3.99. The molecule has 0 saturated heterocycles. The lowest BCUT2D eigenvalue weighted by Gasteiger charge is -2.05. The Morgan fingerprint density at radius 3 is 3.00 bits per heavy atom. The largest absolute Gasteiger partial charge is 0.356 e. The van der Waals surface area contributed by atoms with E-state index in [4.69, 9.17) is 5.84 Å². The van der Waals surface area contributed by atoms with Crippen molar-refractivity contribution in [1.82, 2.24) is 15.7 Å². The lowest BCUT2D eigenvalue weighted by molar-refractivity contribution is 0.850. The van der Waals surface area contributed by atoms with Gasteiger partial charge in [0.05, 0.1) is 6.54 Å². The van der Waals surface area contributed by atoms with E-state index in [-0.39, 0.29) is 0 Å². The molecule has 0 amide bonds. The van der Waals surface area contributed by atoms with Crippen LogP contribution in [0.5, 0.6) is 0 Å². The molecule has 14 heavy (non-hydrogen) atoms. The first-order chi connectivity index (χ1) is 6.76. The highest BCUT2D eigenvalue weighted by Crippen LogP contribution is 2.11. The van der Waals surface area contributed by atoms with Gasteiger partial charge in [-0.1, -0.05) is 0 Å². The second-order valence-electron chi connectivity index (χ2n) is 2.70. The Morgan fingerprint density at radius 2 is 2.50 bits per heavy atom. The van der Waals surface area contributed by atoms with Gasteiger partial charge in [0.15, 0.2) is 0 Å². The molecule has 0 aliphatic carbocycles. The molecule has 0 aliphatic rings. The third kappa shape index (κ3) is 3.31. The van der Waals surface area contributed by atoms with E-state index >= 15 is 0 Å². The Bertz CT molecular complexity index is 306. The smallest absolute Gasteiger partial charge is 0.206 e. The van der Waals surface area contributed by atoms with E-state index in [1.54, 1.807) is 11.3 Å². The van der Waals surface area contributed by atoms with E-state index in [1.165, 1.54) is 4.88 Å². The maximum atomic E-state index is 5.27. The molecule has 1 rings (SSSR count). The second kappa shape index (κ2) is 5.56. The van der Waals surface area contributed by atoms with Crippen LogP contribution in [-0.2, 0) is 6.54 Å². The molecule has 0 radical (unpaired) electrons. The van der Waals surface area contributed by atoms with Crippen LogP contribution in [0.1, 0.15) is 16.8 Å². The van der Waals surface area contributed by atoms with Crippen LogP contribution in [0.15, 0.2) is 11.2 Å². The molecule has 78 valence electrons. The van der Waals surface area contributed by atoms with Crippen molar-refractivity contribution in [3.63, 3.8) is 0 Å². The van der Waals surface area contributed by atoms with Crippen LogP contribution >= 0.6 is 11.3 Å². The topological polar surface area (TPSA) is 75.3 Å². The van der Waals surface area contributed by atoms with E-state index < -0.39 is 0 Å². The van der Waals surface area contributed by atoms with Crippen LogP contribution in [-0.4, -0.2) is 17.5 Å². The van der Waals surface area contributed by atoms with Gasteiger partial charge in [0.2, 0.25) is 5.96 Å². The SMILES string of the molecule is CCNC(=NCc1ncc(C)s1)NN. The highest BCUT2D eigenvalue weighted by molar-refractivity contribution is 7.11. The predicted octanol–water partition coefficient (Wildman–Crippen LogP) is 0.380. The van der Waals surface area contributed by atoms with Crippen molar-refractivity contribution in [2.45, 2.75) is 20.4 Å². The number of aliphatic imine (C=N–C) groups is 1. The summed E-state index contributed by atoms with van der Waals surface area (Å²) in [4.78, 5) is 9.63. The minimum Gasteiger partial charge on any atom is -0.356 e. The fourth-order valence-corrected chi connectivity index (χ4v) is 1.65. The first-order valence-corrected chi connectivity index (χ1v) is 5.24. The molecule has 0 saturated carbocycles. The Morgan fingerprint density at radius 1 is 1.71 bits per heavy atom. The number of aryl methyl sites for hydroxylation is 1. The third-order valence-corrected chi connectivity index (χ3v) is 2.42. The molecular weight excluding hydrogens is 198 g/mol. The molecule has 1 aromatic rings. The molecule has 0 bridgehead atoms. The van der Waals surface area contributed by atoms with Crippen molar-refractivity contribution in [3.05, 3.63) is 16.1 Å². The van der Waals surface area contributed by atoms with E-state index in [2.05, 4.69) is 20.7 Å². The van der Waals surface area contributed by atoms with Crippen LogP contribution in [0, 0.1) is 6.92 Å². The number of nitrogens with zero attached hydrogens (tertiary/aromatic N) is 2. The maximum absolute atomic E-state index is 5.27. The Hall–Kier alpha value is -1.14. The number of nitrogens with one attached hydrogen (secondary N) is 2. The Kier molecular flexibility index (Phi) is 4.34. The minimum absolute atomic E-state index is 0.561. The first kappa shape index (κ1) is 10.9. The summed E-state index contributed by atoms with van der Waals surface area (Å²) in [5.74, 6) is 5.87. The van der Waals surface area contributed by atoms with Gasteiger partial charge in [-0.3, -0.25) is 5.43 Å². The van der Waals surface area contributed by atoms with Gasteiger partial charge in [-0.05, 0) is 13.8 Å². The molecule has 1 aromatic heterocycles. The van der Waals surface area contributed by atoms with Gasteiger partial charge in [-0.15, -0.1) is 11.3 Å². The van der Waals surface area contributed by atoms with Crippen molar-refractivity contribution in [3.8, 4) is 0 Å². The number of nitrogens with two attached hydrogens (primary N) is 1. The van der Waals surface area contributed by atoms with Crippen LogP contribution in [0.3, 0.4) is 0 Å². The van der Waals surface area contributed by atoms with Gasteiger partial charge in [0.25, 0.3) is 0 Å². The lowest BCUT2D eigenvalue weighted by atomic mass is 10.6. The number of rotatable bonds is 3. The summed E-state index contributed by atoms with van der Waals surface area (Å²) >= 11 is 1.64. The molecule has 0 unspecified atom stereocenters. The minimum atomic E-state index is 0.561. The zero-order valence-electron chi connectivity index (χ0n) is 8.37. The van der Waals surface area contributed by atoms with Crippen molar-refractivity contribution >= 4 is 17.3 Å². The molecule has 0 aliphatic heterocycles. The summed E-state index contributed by atoms with van der Waals surface area (Å²) in [6.07, 6.45) is 1.85. The van der Waals surface area contributed by atoms with Gasteiger partial charge < -0.3 is 5.32 Å². The molecule has 0 fully saturated rings. The first-order valence-electron chi connectivity index (χ1n) is 4.42. The molecule has 5 nitrogen and oxygen atoms in total. The number of guanidine groups is 1. The number of hydrogen-bond acceptors (Lipinski definition) is 4. The molecule has 0 spiro atoms. The molecule has 4 N–H and O–H groups in total. The van der Waals surface area contributed by atoms with Crippen molar-refractivity contribution < 1.29 is 0 Å². The van der Waals surface area contributed by atoms with E-state index in [1.807, 2.05) is 20.0 Å². The fraction of sp³-hybridized carbons (Fsp3) is 0.500. The van der Waals surface area contributed by atoms with Crippen molar-refractivity contribution in [2.24, 2.45) is 10.8 Å². The summed E-state index contributed by atoms with van der Waals surface area (Å²) in [7, 11) is 0. The van der Waals surface area contributed by atoms with E-state index in [0.29, 0.717) is 12.5 Å². The summed E-state index contributed by atoms with van der Waals surface area (Å²) in [6, 6.07) is 0. The lowest BCUT2D eigenvalue weighted by Crippen LogP contribution is -2.41. The van der Waals surface area contributed by atoms with Gasteiger partial charge >= 0.3 is 0 Å². The number of hydrogen-bond donors (Lipinski definition) is 3. The van der Waals surface area contributed by atoms with Gasteiger partial charge in [-0.25, -0.2) is 15.8 Å². The summed E-state index contributed by atoms with van der Waals surface area (Å²) in [6.45, 7) is 5.36. The van der Waals surface area contributed by atoms with Crippen LogP contribution in [0.4, 0.5) is 0 Å². The van der Waals surface area contributed by atoms with Crippen molar-refractivity contribution in [1.29, 1.82) is 0 Å². The molecule has 0 aromatic carbocycles. The Labute approximate surface area is 87.4 Å². The molecular formula is C8H15N5S. The van der Waals surface area contributed by atoms with Gasteiger partial charge in [0.1, 0.15) is 5.01 Å². The molecule has 0 atom stereocenters. The zero-order chi connectivity index (χ0) is 10.4. The van der Waals surface area contributed by atoms with E-state index in [0.717, 1.165) is 11.6 Å². The number of hydrazine groups is 1. The monoisotopic (exact) mass is 213 g/mol. The average molecular weight is 213 g/mol. The summed E-state index contributed by atoms with van der Waals surface area (Å²) < 4.78 is 0. The number of aromatic nitrogens is 1. The zero-order valence-corrected chi connectivity index (χ0v) is 9.19. The second-order valence-corrected chi connectivity index (χ2v) is 4.02. The van der Waals surface area contributed by atoms with Gasteiger partial charge in [0, 0.05) is 17.6 Å². The van der Waals surface area contributed by atoms with Crippen LogP contribution in [0.25, 0.3) is 0 Å². The van der Waals surface area contributed by atoms with Crippen LogP contribution in [0.2, 0.25) is 0 Å². The number of thiazole rings is 1. The third-order valence-electron chi connectivity index (χ3n) is 1.52. The predicted molar refractivity (Wildman–Crippen MR) is 59.0 cm³/mol. The average Bonchev–Trinajstić information content (AvgIpc) is 2.59. The standard InChI is InChI=1S/C8H15N5S/c1-3-10-8(13-9)12-5-7-11-4-6(2)14-7/h4H,3,5,9H2,1-2H3,(H2,10,12,13). The summed E-state index contributed by atoms with van der Waals surface area (Å²) in [5.41, 5.74) is 2.50. The molecule has 6 heteroatoms. The normalized spacial score (nSPS) is 11.5. The Balaban J connectivity index is 2.51. The fourth-order valence-electron chi connectivity index (χ4n) is 0.941. The van der Waals surface area contributed by atoms with Gasteiger partial charge in [-0.2, -0.15) is 0 Å². The quantitative estimate of drug-likeness (QED) is 0.294. The van der Waals surface area contributed by atoms with E-state index in [9.17, 15) is 0 Å². The highest BCUT2D eigenvalue weighted by Gasteiger charge is 1.98. The maximum Gasteiger partial charge on any atom is 0.206 e. The highest BCUT2D eigenvalue weighted by atomic mass is 32.1.